The van der Waals surface area contributed by atoms with E-state index in [0.29, 0.717) is 16.9 Å². The molecule has 0 saturated carbocycles. The molecule has 1 aliphatic heterocycles. The Morgan fingerprint density at radius 2 is 2.13 bits per heavy atom. The third-order valence-electron chi connectivity index (χ3n) is 3.28. The third kappa shape index (κ3) is 3.64. The van der Waals surface area contributed by atoms with Crippen molar-refractivity contribution in [1.82, 2.24) is 0 Å². The summed E-state index contributed by atoms with van der Waals surface area (Å²) in [7, 11) is 0. The van der Waals surface area contributed by atoms with E-state index in [-0.39, 0.29) is 25.7 Å². The van der Waals surface area contributed by atoms with Gasteiger partial charge in [0.1, 0.15) is 12.4 Å². The van der Waals surface area contributed by atoms with Gasteiger partial charge in [-0.3, -0.25) is 10.1 Å². The van der Waals surface area contributed by atoms with Gasteiger partial charge in [-0.05, 0) is 5.56 Å². The average molecular weight is 314 g/mol. The zero-order valence-electron chi connectivity index (χ0n) is 12.2. The van der Waals surface area contributed by atoms with Gasteiger partial charge in [-0.2, -0.15) is 0 Å². The summed E-state index contributed by atoms with van der Waals surface area (Å²) < 4.78 is 10.6. The summed E-state index contributed by atoms with van der Waals surface area (Å²) in [6.45, 7) is 0.468. The fourth-order valence-electron chi connectivity index (χ4n) is 2.24. The lowest BCUT2D eigenvalue weighted by atomic mass is 10.1. The molecular weight excluding hydrogens is 300 g/mol. The molecule has 3 rings (SSSR count). The molecule has 7 nitrogen and oxygen atoms in total. The number of nitro groups is 1. The van der Waals surface area contributed by atoms with Crippen LogP contribution in [0.3, 0.4) is 0 Å². The largest absolute Gasteiger partial charge is 0.467 e. The molecule has 0 N–H and O–H groups in total. The van der Waals surface area contributed by atoms with Crippen LogP contribution in [0.4, 0.5) is 5.69 Å². The highest BCUT2D eigenvalue weighted by Crippen LogP contribution is 2.33. The van der Waals surface area contributed by atoms with Gasteiger partial charge in [0.2, 0.25) is 0 Å². The number of nitro benzene ring substituents is 1. The lowest BCUT2D eigenvalue weighted by molar-refractivity contribution is -0.385. The van der Waals surface area contributed by atoms with Crippen LogP contribution in [-0.4, -0.2) is 17.9 Å². The third-order valence-corrected chi connectivity index (χ3v) is 3.28. The minimum absolute atomic E-state index is 0.0245. The summed E-state index contributed by atoms with van der Waals surface area (Å²) in [6, 6.07) is 12.4. The van der Waals surface area contributed by atoms with E-state index in [1.165, 1.54) is 12.1 Å². The Hall–Kier alpha value is -2.93. The van der Waals surface area contributed by atoms with Crippen LogP contribution in [0.5, 0.6) is 5.75 Å². The quantitative estimate of drug-likeness (QED) is 0.481. The van der Waals surface area contributed by atoms with E-state index in [9.17, 15) is 10.1 Å². The maximum Gasteiger partial charge on any atom is 0.270 e. The van der Waals surface area contributed by atoms with Gasteiger partial charge in [-0.15, -0.1) is 0 Å². The normalized spacial score (nSPS) is 13.4. The molecular formula is C16H14N2O5. The SMILES string of the molecule is O=[N+]([O-])c1cc2c(c(CO/N=C\c3ccccc3)c1)OCOC2. The Bertz CT molecular complexity index is 731. The summed E-state index contributed by atoms with van der Waals surface area (Å²) in [4.78, 5) is 15.8. The number of nitrogens with zero attached hydrogens (tertiary/aromatic N) is 2. The van der Waals surface area contributed by atoms with E-state index in [1.807, 2.05) is 30.3 Å². The molecule has 2 aromatic rings. The molecule has 0 spiro atoms. The molecule has 0 atom stereocenters. The number of hydrogen-bond acceptors (Lipinski definition) is 6. The molecule has 118 valence electrons. The maximum atomic E-state index is 11.0. The summed E-state index contributed by atoms with van der Waals surface area (Å²) >= 11 is 0. The van der Waals surface area contributed by atoms with Gasteiger partial charge in [-0.1, -0.05) is 35.5 Å². The van der Waals surface area contributed by atoms with Crippen LogP contribution in [0.1, 0.15) is 16.7 Å². The first-order chi connectivity index (χ1) is 11.2. The van der Waals surface area contributed by atoms with Gasteiger partial charge in [-0.25, -0.2) is 0 Å². The van der Waals surface area contributed by atoms with E-state index in [4.69, 9.17) is 14.3 Å². The zero-order valence-corrected chi connectivity index (χ0v) is 12.2. The highest BCUT2D eigenvalue weighted by molar-refractivity contribution is 5.78. The highest BCUT2D eigenvalue weighted by atomic mass is 16.7. The predicted molar refractivity (Wildman–Crippen MR) is 82.2 cm³/mol. The first kappa shape index (κ1) is 15.0. The first-order valence-corrected chi connectivity index (χ1v) is 6.95. The molecule has 0 saturated heterocycles. The van der Waals surface area contributed by atoms with Gasteiger partial charge in [0.05, 0.1) is 17.7 Å². The molecule has 0 aliphatic carbocycles. The van der Waals surface area contributed by atoms with Crippen LogP contribution in [0.2, 0.25) is 0 Å². The van der Waals surface area contributed by atoms with Crippen LogP contribution in [0.25, 0.3) is 0 Å². The van der Waals surface area contributed by atoms with E-state index < -0.39 is 4.92 Å². The molecule has 0 radical (unpaired) electrons. The fraction of sp³-hybridized carbons (Fsp3) is 0.188. The van der Waals surface area contributed by atoms with Gasteiger partial charge in [0.25, 0.3) is 5.69 Å². The van der Waals surface area contributed by atoms with Crippen molar-refractivity contribution < 1.29 is 19.2 Å². The molecule has 1 heterocycles. The number of rotatable bonds is 5. The summed E-state index contributed by atoms with van der Waals surface area (Å²) in [5.74, 6) is 0.566. The summed E-state index contributed by atoms with van der Waals surface area (Å²) in [6.07, 6.45) is 1.58. The molecule has 23 heavy (non-hydrogen) atoms. The number of fused-ring (bicyclic) bond motifs is 1. The van der Waals surface area contributed by atoms with Crippen LogP contribution in [0, 0.1) is 10.1 Å². The second kappa shape index (κ2) is 6.89. The van der Waals surface area contributed by atoms with Crippen molar-refractivity contribution in [3.05, 3.63) is 69.3 Å². The second-order valence-corrected chi connectivity index (χ2v) is 4.88. The molecule has 7 heteroatoms. The van der Waals surface area contributed by atoms with Crippen molar-refractivity contribution in [2.24, 2.45) is 5.16 Å². The zero-order chi connectivity index (χ0) is 16.1. The monoisotopic (exact) mass is 314 g/mol. The lowest BCUT2D eigenvalue weighted by Gasteiger charge is -2.19. The van der Waals surface area contributed by atoms with Crippen molar-refractivity contribution in [2.45, 2.75) is 13.2 Å². The van der Waals surface area contributed by atoms with Crippen LogP contribution in [-0.2, 0) is 22.8 Å². The first-order valence-electron chi connectivity index (χ1n) is 6.95. The fourth-order valence-corrected chi connectivity index (χ4v) is 2.24. The van der Waals surface area contributed by atoms with E-state index in [2.05, 4.69) is 5.16 Å². The van der Waals surface area contributed by atoms with Crippen molar-refractivity contribution >= 4 is 11.9 Å². The number of oxime groups is 1. The second-order valence-electron chi connectivity index (χ2n) is 4.88. The van der Waals surface area contributed by atoms with Crippen molar-refractivity contribution in [3.8, 4) is 5.75 Å². The Balaban J connectivity index is 1.75. The Kier molecular flexibility index (Phi) is 4.49. The van der Waals surface area contributed by atoms with Gasteiger partial charge < -0.3 is 14.3 Å². The van der Waals surface area contributed by atoms with Gasteiger partial charge >= 0.3 is 0 Å². The standard InChI is InChI=1S/C16H14N2O5/c19-18(20)15-6-13-9-21-11-22-16(13)14(7-15)10-23-17-8-12-4-2-1-3-5-12/h1-8H,9-11H2/b17-8-. The van der Waals surface area contributed by atoms with Crippen molar-refractivity contribution in [1.29, 1.82) is 0 Å². The smallest absolute Gasteiger partial charge is 0.270 e. The molecule has 0 bridgehead atoms. The molecule has 0 fully saturated rings. The lowest BCUT2D eigenvalue weighted by Crippen LogP contribution is -2.13. The Morgan fingerprint density at radius 1 is 1.30 bits per heavy atom. The van der Waals surface area contributed by atoms with Gasteiger partial charge in [0.15, 0.2) is 6.79 Å². The molecule has 2 aromatic carbocycles. The van der Waals surface area contributed by atoms with Crippen LogP contribution in [0.15, 0.2) is 47.6 Å². The minimum atomic E-state index is -0.453. The van der Waals surface area contributed by atoms with Crippen molar-refractivity contribution in [3.63, 3.8) is 0 Å². The van der Waals surface area contributed by atoms with E-state index in [1.54, 1.807) is 6.21 Å². The molecule has 1 aliphatic rings. The number of ether oxygens (including phenoxy) is 2. The Labute approximate surface area is 132 Å². The van der Waals surface area contributed by atoms with Crippen molar-refractivity contribution in [2.75, 3.05) is 6.79 Å². The number of benzene rings is 2. The summed E-state index contributed by atoms with van der Waals surface area (Å²) in [5, 5.41) is 14.9. The van der Waals surface area contributed by atoms with Crippen LogP contribution >= 0.6 is 0 Å². The minimum Gasteiger partial charge on any atom is -0.467 e. The maximum absolute atomic E-state index is 11.0. The molecule has 0 aromatic heterocycles. The molecule has 0 unspecified atom stereocenters. The molecule has 0 amide bonds. The number of non-ortho nitro benzene ring substituents is 1. The van der Waals surface area contributed by atoms with Crippen LogP contribution < -0.4 is 4.74 Å². The number of hydrogen-bond donors (Lipinski definition) is 0. The van der Waals surface area contributed by atoms with E-state index >= 15 is 0 Å². The highest BCUT2D eigenvalue weighted by Gasteiger charge is 2.21. The summed E-state index contributed by atoms with van der Waals surface area (Å²) in [5.41, 5.74) is 2.08. The van der Waals surface area contributed by atoms with Gasteiger partial charge in [0, 0.05) is 23.3 Å². The Morgan fingerprint density at radius 3 is 2.91 bits per heavy atom. The topological polar surface area (TPSA) is 83.2 Å². The van der Waals surface area contributed by atoms with E-state index in [0.717, 1.165) is 5.56 Å². The predicted octanol–water partition coefficient (Wildman–Crippen LogP) is 3.01. The average Bonchev–Trinajstić information content (AvgIpc) is 2.59.